The first-order valence-electron chi connectivity index (χ1n) is 17.9. The Bertz CT molecular complexity index is 2740. The molecule has 63 heavy (non-hydrogen) atoms. The molecule has 0 saturated heterocycles. The van der Waals surface area contributed by atoms with Gasteiger partial charge in [-0.25, -0.2) is 16.8 Å². The van der Waals surface area contributed by atoms with Crippen LogP contribution in [-0.2, 0) is 30.8 Å². The minimum atomic E-state index is -5.39. The fourth-order valence-corrected chi connectivity index (χ4v) is 8.46. The molecule has 320 valence electrons. The molecule has 0 aliphatic heterocycles. The summed E-state index contributed by atoms with van der Waals surface area (Å²) in [6, 6.07) is 29.0. The SMILES string of the molecule is COc1ccc(C(C)(c2ccc(Oc3[c-]cc(S(=O)(=O)c4ccc(Oc5ccc(C(C)(c6ccc(OC)cc6)C(F)(F)F)cc5)c(S(=O)(=O)[O-])c4)cc3)cc2)C(F)(F)F)cc1.[Na+].[Na+]. The Kier molecular flexibility index (Phi) is 16.0. The summed E-state index contributed by atoms with van der Waals surface area (Å²) in [5, 5.41) is 0. The molecule has 0 spiro atoms. The van der Waals surface area contributed by atoms with E-state index in [2.05, 4.69) is 6.07 Å². The van der Waals surface area contributed by atoms with E-state index >= 15 is 0 Å². The Labute approximate surface area is 404 Å². The number of hydrogen-bond donors (Lipinski definition) is 0. The Morgan fingerprint density at radius 3 is 1.21 bits per heavy atom. The third kappa shape index (κ3) is 10.6. The van der Waals surface area contributed by atoms with Crippen molar-refractivity contribution in [1.29, 1.82) is 0 Å². The largest absolute Gasteiger partial charge is 1.00 e. The Hall–Kier alpha value is -4.04. The zero-order valence-electron chi connectivity index (χ0n) is 34.5. The number of alkyl halides is 6. The van der Waals surface area contributed by atoms with E-state index in [0.717, 1.165) is 62.4 Å². The van der Waals surface area contributed by atoms with E-state index in [4.69, 9.17) is 18.9 Å². The van der Waals surface area contributed by atoms with Crippen LogP contribution in [0.15, 0.2) is 148 Å². The fourth-order valence-electron chi connectivity index (χ4n) is 6.50. The van der Waals surface area contributed by atoms with Gasteiger partial charge in [-0.3, -0.25) is 0 Å². The molecule has 6 aromatic carbocycles. The average Bonchev–Trinajstić information content (AvgIpc) is 3.22. The van der Waals surface area contributed by atoms with E-state index in [0.29, 0.717) is 17.6 Å². The minimum Gasteiger partial charge on any atom is -0.744 e. The molecule has 0 N–H and O–H groups in total. The molecule has 0 radical (unpaired) electrons. The molecule has 6 rings (SSSR count). The number of sulfone groups is 1. The van der Waals surface area contributed by atoms with Gasteiger partial charge in [-0.1, -0.05) is 48.5 Å². The van der Waals surface area contributed by atoms with Crippen molar-refractivity contribution in [1.82, 2.24) is 0 Å². The van der Waals surface area contributed by atoms with Gasteiger partial charge in [0.25, 0.3) is 0 Å². The maximum absolute atomic E-state index is 14.5. The third-order valence-corrected chi connectivity index (χ3v) is 13.0. The van der Waals surface area contributed by atoms with Crippen molar-refractivity contribution in [2.45, 2.75) is 51.7 Å². The van der Waals surface area contributed by atoms with Crippen LogP contribution in [0.5, 0.6) is 34.5 Å². The summed E-state index contributed by atoms with van der Waals surface area (Å²) in [6.07, 6.45) is -9.43. The van der Waals surface area contributed by atoms with Crippen LogP contribution in [0.1, 0.15) is 36.1 Å². The van der Waals surface area contributed by atoms with Gasteiger partial charge in [0.05, 0.1) is 24.0 Å². The zero-order chi connectivity index (χ0) is 44.6. The summed E-state index contributed by atoms with van der Waals surface area (Å²) >= 11 is 0. The average molecular weight is 931 g/mol. The number of benzene rings is 6. The molecule has 0 aromatic heterocycles. The van der Waals surface area contributed by atoms with Gasteiger partial charge >= 0.3 is 71.5 Å². The monoisotopic (exact) mass is 930 g/mol. The fraction of sp³-hybridized carbons (Fsp3) is 0.182. The molecule has 2 unspecified atom stereocenters. The topological polar surface area (TPSA) is 128 Å². The van der Waals surface area contributed by atoms with Gasteiger partial charge in [-0.2, -0.15) is 38.5 Å². The van der Waals surface area contributed by atoms with Gasteiger partial charge in [0.1, 0.15) is 49.7 Å². The number of hydrogen-bond acceptors (Lipinski definition) is 9. The molecule has 0 amide bonds. The normalized spacial score (nSPS) is 13.9. The first-order chi connectivity index (χ1) is 28.5. The van der Waals surface area contributed by atoms with Crippen molar-refractivity contribution in [2.75, 3.05) is 14.2 Å². The summed E-state index contributed by atoms with van der Waals surface area (Å²) in [5.74, 6) is 0.0942. The molecular weight excluding hydrogens is 897 g/mol. The van der Waals surface area contributed by atoms with Crippen molar-refractivity contribution in [3.05, 3.63) is 162 Å². The predicted molar refractivity (Wildman–Crippen MR) is 209 cm³/mol. The van der Waals surface area contributed by atoms with Crippen molar-refractivity contribution in [2.24, 2.45) is 0 Å². The van der Waals surface area contributed by atoms with Gasteiger partial charge in [-0.15, -0.1) is 12.1 Å². The maximum Gasteiger partial charge on any atom is 1.00 e. The van der Waals surface area contributed by atoms with Crippen LogP contribution in [0.4, 0.5) is 26.3 Å². The molecule has 0 aliphatic rings. The summed E-state index contributed by atoms with van der Waals surface area (Å²) in [7, 11) is -7.12. The van der Waals surface area contributed by atoms with Crippen molar-refractivity contribution < 1.29 is 126 Å². The van der Waals surface area contributed by atoms with Crippen LogP contribution >= 0.6 is 0 Å². The molecule has 19 heteroatoms. The first-order valence-corrected chi connectivity index (χ1v) is 20.8. The van der Waals surface area contributed by atoms with E-state index in [1.54, 1.807) is 0 Å². The third-order valence-electron chi connectivity index (χ3n) is 10.3. The second-order valence-electron chi connectivity index (χ2n) is 13.9. The molecule has 0 bridgehead atoms. The maximum atomic E-state index is 14.5. The van der Waals surface area contributed by atoms with E-state index in [-0.39, 0.29) is 98.6 Å². The Morgan fingerprint density at radius 2 is 0.873 bits per heavy atom. The van der Waals surface area contributed by atoms with Gasteiger partial charge in [0, 0.05) is 5.75 Å². The molecule has 0 saturated carbocycles. The van der Waals surface area contributed by atoms with E-state index in [1.807, 2.05) is 0 Å². The second kappa shape index (κ2) is 19.6. The molecule has 6 aromatic rings. The molecule has 0 fully saturated rings. The molecule has 2 atom stereocenters. The minimum absolute atomic E-state index is 0. The summed E-state index contributed by atoms with van der Waals surface area (Å²) < 4.78 is 173. The molecular formula is C44H34F6Na2O9S2. The zero-order valence-corrected chi connectivity index (χ0v) is 40.1. The van der Waals surface area contributed by atoms with E-state index in [1.165, 1.54) is 93.1 Å². The summed E-state index contributed by atoms with van der Waals surface area (Å²) in [4.78, 5) is -2.07. The van der Waals surface area contributed by atoms with Gasteiger partial charge in [0.2, 0.25) is 0 Å². The van der Waals surface area contributed by atoms with Crippen LogP contribution in [0, 0.1) is 6.07 Å². The quantitative estimate of drug-likeness (QED) is 0.0709. The standard InChI is InChI=1S/C44H35F6O9S2.2Na/c1-41(43(45,46)47,28-5-13-32(56-3)14-6-28)30-9-17-34(18-10-30)58-35-21-23-37(24-22-35)60(51,52)38-25-26-39(40(27-38)61(53,54)55)59-36-19-11-31(12-20-36)42(2,44(48,49)50)29-7-15-33(57-4)16-8-29;;/h5-21,23-27H,1-4H3,(H,53,54,55);;/q-1;2*+1/p-1. The molecule has 9 nitrogen and oxygen atoms in total. The van der Waals surface area contributed by atoms with Gasteiger partial charge < -0.3 is 23.5 Å². The van der Waals surface area contributed by atoms with Crippen LogP contribution in [0.3, 0.4) is 0 Å². The van der Waals surface area contributed by atoms with Gasteiger partial charge in [0.15, 0.2) is 9.84 Å². The summed E-state index contributed by atoms with van der Waals surface area (Å²) in [6.45, 7) is 2.04. The number of halogens is 6. The number of rotatable bonds is 13. The molecule has 0 aliphatic carbocycles. The smallest absolute Gasteiger partial charge is 0.744 e. The van der Waals surface area contributed by atoms with Crippen molar-refractivity contribution in [3.63, 3.8) is 0 Å². The van der Waals surface area contributed by atoms with E-state index < -0.39 is 63.6 Å². The van der Waals surface area contributed by atoms with Crippen LogP contribution in [0.25, 0.3) is 0 Å². The van der Waals surface area contributed by atoms with Crippen LogP contribution in [0.2, 0.25) is 0 Å². The number of methoxy groups -OCH3 is 2. The van der Waals surface area contributed by atoms with Crippen molar-refractivity contribution >= 4 is 20.0 Å². The van der Waals surface area contributed by atoms with Gasteiger partial charge in [-0.05, 0) is 108 Å². The van der Waals surface area contributed by atoms with E-state index in [9.17, 15) is 47.7 Å². The Balaban J connectivity index is 0.00000436. The molecule has 0 heterocycles. The first kappa shape index (κ1) is 51.6. The Morgan fingerprint density at radius 1 is 0.508 bits per heavy atom. The predicted octanol–water partition coefficient (Wildman–Crippen LogP) is 4.57. The van der Waals surface area contributed by atoms with Crippen LogP contribution in [-0.4, -0.2) is 48.0 Å². The summed E-state index contributed by atoms with van der Waals surface area (Å²) in [5.41, 5.74) is -5.23. The van der Waals surface area contributed by atoms with Crippen molar-refractivity contribution in [3.8, 4) is 34.5 Å². The number of ether oxygens (including phenoxy) is 4. The van der Waals surface area contributed by atoms with Crippen LogP contribution < -0.4 is 78.1 Å². The second-order valence-corrected chi connectivity index (χ2v) is 17.2.